The van der Waals surface area contributed by atoms with Gasteiger partial charge >= 0.3 is 5.97 Å². The second-order valence-corrected chi connectivity index (χ2v) is 5.16. The molecule has 1 aromatic carbocycles. The highest BCUT2D eigenvalue weighted by Gasteiger charge is 2.13. The normalized spacial score (nSPS) is 16.1. The molecular formula is C14H17NO2S. The minimum absolute atomic E-state index is 0.404. The molecule has 0 spiro atoms. The third-order valence-corrected chi connectivity index (χ3v) is 3.91. The quantitative estimate of drug-likeness (QED) is 0.850. The number of fused-ring (bicyclic) bond motifs is 1. The van der Waals surface area contributed by atoms with Gasteiger partial charge in [0, 0.05) is 19.3 Å². The first kappa shape index (κ1) is 13.0. The first-order valence-corrected chi connectivity index (χ1v) is 7.23. The first-order chi connectivity index (χ1) is 8.70. The molecule has 1 heterocycles. The molecule has 2 rings (SSSR count). The largest absolute Gasteiger partial charge is 0.477 e. The van der Waals surface area contributed by atoms with Crippen LogP contribution in [-0.2, 0) is 17.6 Å². The van der Waals surface area contributed by atoms with E-state index >= 15 is 0 Å². The van der Waals surface area contributed by atoms with E-state index in [0.717, 1.165) is 25.9 Å². The van der Waals surface area contributed by atoms with Crippen LogP contribution in [-0.4, -0.2) is 35.3 Å². The highest BCUT2D eigenvalue weighted by molar-refractivity contribution is 8.03. The lowest BCUT2D eigenvalue weighted by Crippen LogP contribution is -2.21. The molecule has 0 aromatic heterocycles. The molecule has 18 heavy (non-hydrogen) atoms. The fourth-order valence-electron chi connectivity index (χ4n) is 2.18. The van der Waals surface area contributed by atoms with Crippen LogP contribution in [0, 0.1) is 0 Å². The number of carboxylic acids is 1. The Labute approximate surface area is 111 Å². The number of carbonyl (C=O) groups is 1. The van der Waals surface area contributed by atoms with Crippen LogP contribution >= 0.6 is 11.8 Å². The molecule has 4 heteroatoms. The number of aliphatic carboxylic acids is 1. The zero-order chi connectivity index (χ0) is 13.0. The van der Waals surface area contributed by atoms with Gasteiger partial charge in [-0.05, 0) is 30.2 Å². The predicted octanol–water partition coefficient (Wildman–Crippen LogP) is 2.38. The van der Waals surface area contributed by atoms with Gasteiger partial charge in [0.2, 0.25) is 0 Å². The maximum Gasteiger partial charge on any atom is 0.343 e. The van der Waals surface area contributed by atoms with Gasteiger partial charge in [0.05, 0.1) is 0 Å². The van der Waals surface area contributed by atoms with Crippen molar-refractivity contribution in [2.24, 2.45) is 0 Å². The molecule has 1 aliphatic heterocycles. The van der Waals surface area contributed by atoms with Gasteiger partial charge in [-0.15, -0.1) is 11.8 Å². The summed E-state index contributed by atoms with van der Waals surface area (Å²) in [6.45, 7) is 1.77. The van der Waals surface area contributed by atoms with Crippen molar-refractivity contribution in [1.29, 1.82) is 0 Å². The third-order valence-electron chi connectivity index (χ3n) is 3.19. The third kappa shape index (κ3) is 3.07. The van der Waals surface area contributed by atoms with Crippen molar-refractivity contribution >= 4 is 17.7 Å². The van der Waals surface area contributed by atoms with Crippen LogP contribution in [0.25, 0.3) is 0 Å². The van der Waals surface area contributed by atoms with Crippen LogP contribution in [0.15, 0.2) is 35.4 Å². The van der Waals surface area contributed by atoms with Crippen molar-refractivity contribution in [3.63, 3.8) is 0 Å². The van der Waals surface area contributed by atoms with Crippen LogP contribution in [0.4, 0.5) is 0 Å². The Morgan fingerprint density at radius 1 is 1.28 bits per heavy atom. The molecule has 96 valence electrons. The van der Waals surface area contributed by atoms with Crippen LogP contribution in [0.5, 0.6) is 0 Å². The number of carboxylic acid groups (broad SMARTS) is 1. The molecule has 0 aliphatic carbocycles. The number of thioether (sulfide) groups is 1. The van der Waals surface area contributed by atoms with E-state index in [2.05, 4.69) is 29.2 Å². The van der Waals surface area contributed by atoms with E-state index in [9.17, 15) is 4.79 Å². The van der Waals surface area contributed by atoms with Crippen molar-refractivity contribution in [3.8, 4) is 0 Å². The molecule has 1 N–H and O–H groups in total. The fraction of sp³-hybridized carbons (Fsp3) is 0.357. The Morgan fingerprint density at radius 2 is 1.83 bits per heavy atom. The second-order valence-electron chi connectivity index (χ2n) is 4.31. The molecule has 1 aromatic rings. The number of nitrogens with zero attached hydrogens (tertiary/aromatic N) is 1. The smallest absolute Gasteiger partial charge is 0.343 e. The molecule has 0 saturated carbocycles. The minimum atomic E-state index is -0.843. The lowest BCUT2D eigenvalue weighted by atomic mass is 10.0. The number of hydrogen-bond acceptors (Lipinski definition) is 3. The molecule has 0 bridgehead atoms. The van der Waals surface area contributed by atoms with E-state index in [-0.39, 0.29) is 0 Å². The highest BCUT2D eigenvalue weighted by atomic mass is 32.2. The number of rotatable bonds is 3. The lowest BCUT2D eigenvalue weighted by molar-refractivity contribution is -0.131. The summed E-state index contributed by atoms with van der Waals surface area (Å²) in [6.07, 6.45) is 5.54. The van der Waals surface area contributed by atoms with Gasteiger partial charge in [-0.1, -0.05) is 24.3 Å². The van der Waals surface area contributed by atoms with Crippen molar-refractivity contribution in [2.45, 2.75) is 12.8 Å². The van der Waals surface area contributed by atoms with E-state index in [1.54, 1.807) is 12.5 Å². The van der Waals surface area contributed by atoms with Crippen molar-refractivity contribution in [3.05, 3.63) is 46.5 Å². The molecule has 0 fully saturated rings. The highest BCUT2D eigenvalue weighted by Crippen LogP contribution is 2.18. The van der Waals surface area contributed by atoms with Gasteiger partial charge in [-0.25, -0.2) is 4.79 Å². The van der Waals surface area contributed by atoms with Gasteiger partial charge in [0.25, 0.3) is 0 Å². The number of benzene rings is 1. The Bertz CT molecular complexity index is 444. The van der Waals surface area contributed by atoms with E-state index in [1.165, 1.54) is 22.9 Å². The Morgan fingerprint density at radius 3 is 2.28 bits per heavy atom. The summed E-state index contributed by atoms with van der Waals surface area (Å²) >= 11 is 1.28. The summed E-state index contributed by atoms with van der Waals surface area (Å²) < 4.78 is 0. The lowest BCUT2D eigenvalue weighted by Gasteiger charge is -2.18. The molecule has 0 unspecified atom stereocenters. The summed E-state index contributed by atoms with van der Waals surface area (Å²) in [5, 5.41) is 9.03. The Hall–Kier alpha value is -1.42. The SMILES string of the molecule is CSC(=CN1CCc2ccccc2CC1)C(=O)O. The summed E-state index contributed by atoms with van der Waals surface area (Å²) in [5.41, 5.74) is 2.77. The maximum absolute atomic E-state index is 11.0. The van der Waals surface area contributed by atoms with Gasteiger partial charge in [0.15, 0.2) is 0 Å². The maximum atomic E-state index is 11.0. The summed E-state index contributed by atoms with van der Waals surface area (Å²) in [6, 6.07) is 8.45. The zero-order valence-corrected chi connectivity index (χ0v) is 11.2. The van der Waals surface area contributed by atoms with Crippen LogP contribution in [0.1, 0.15) is 11.1 Å². The molecule has 0 amide bonds. The fourth-order valence-corrected chi connectivity index (χ4v) is 2.60. The van der Waals surface area contributed by atoms with Crippen LogP contribution < -0.4 is 0 Å². The zero-order valence-electron chi connectivity index (χ0n) is 10.4. The van der Waals surface area contributed by atoms with Crippen molar-refractivity contribution in [1.82, 2.24) is 4.90 Å². The predicted molar refractivity (Wildman–Crippen MR) is 74.7 cm³/mol. The Balaban J connectivity index is 2.10. The van der Waals surface area contributed by atoms with E-state index in [0.29, 0.717) is 4.91 Å². The standard InChI is InChI=1S/C14H17NO2S/c1-18-13(14(16)17)10-15-8-6-11-4-2-3-5-12(11)7-9-15/h2-5,10H,6-9H2,1H3,(H,16,17). The molecular weight excluding hydrogens is 246 g/mol. The van der Waals surface area contributed by atoms with Gasteiger partial charge in [-0.2, -0.15) is 0 Å². The molecule has 0 radical (unpaired) electrons. The summed E-state index contributed by atoms with van der Waals surface area (Å²) in [5.74, 6) is -0.843. The average molecular weight is 263 g/mol. The Kier molecular flexibility index (Phi) is 4.31. The molecule has 0 saturated heterocycles. The minimum Gasteiger partial charge on any atom is -0.477 e. The topological polar surface area (TPSA) is 40.5 Å². The van der Waals surface area contributed by atoms with Crippen molar-refractivity contribution < 1.29 is 9.90 Å². The average Bonchev–Trinajstić information content (AvgIpc) is 2.58. The summed E-state index contributed by atoms with van der Waals surface area (Å²) in [4.78, 5) is 13.5. The number of hydrogen-bond donors (Lipinski definition) is 1. The van der Waals surface area contributed by atoms with E-state index in [1.807, 2.05) is 0 Å². The summed E-state index contributed by atoms with van der Waals surface area (Å²) in [7, 11) is 0. The van der Waals surface area contributed by atoms with Gasteiger partial charge < -0.3 is 10.0 Å². The van der Waals surface area contributed by atoms with Crippen molar-refractivity contribution in [2.75, 3.05) is 19.3 Å². The van der Waals surface area contributed by atoms with Crippen LogP contribution in [0.2, 0.25) is 0 Å². The van der Waals surface area contributed by atoms with Gasteiger partial charge in [0.1, 0.15) is 4.91 Å². The van der Waals surface area contributed by atoms with Crippen LogP contribution in [0.3, 0.4) is 0 Å². The first-order valence-electron chi connectivity index (χ1n) is 6.00. The molecule has 1 aliphatic rings. The molecule has 3 nitrogen and oxygen atoms in total. The van der Waals surface area contributed by atoms with E-state index < -0.39 is 5.97 Å². The van der Waals surface area contributed by atoms with Gasteiger partial charge in [-0.3, -0.25) is 0 Å². The second kappa shape index (κ2) is 5.96. The molecule has 0 atom stereocenters. The monoisotopic (exact) mass is 263 g/mol. The van der Waals surface area contributed by atoms with E-state index in [4.69, 9.17) is 5.11 Å².